The van der Waals surface area contributed by atoms with Crippen LogP contribution in [0.15, 0.2) is 12.4 Å². The summed E-state index contributed by atoms with van der Waals surface area (Å²) in [7, 11) is 0. The second-order valence-corrected chi connectivity index (χ2v) is 3.26. The lowest BCUT2D eigenvalue weighted by Crippen LogP contribution is -2.28. The highest BCUT2D eigenvalue weighted by molar-refractivity contribution is 5.33. The van der Waals surface area contributed by atoms with E-state index in [0.717, 1.165) is 26.1 Å². The molecule has 1 fully saturated rings. The zero-order chi connectivity index (χ0) is 9.80. The minimum Gasteiger partial charge on any atom is -0.381 e. The Morgan fingerprint density at radius 2 is 2.14 bits per heavy atom. The molecule has 1 aliphatic heterocycles. The number of halogens is 1. The minimum atomic E-state index is -0.505. The van der Waals surface area contributed by atoms with Crippen LogP contribution in [0.2, 0.25) is 0 Å². The first kappa shape index (κ1) is 9.33. The molecule has 0 atom stereocenters. The summed E-state index contributed by atoms with van der Waals surface area (Å²) in [5.41, 5.74) is 0. The van der Waals surface area contributed by atoms with Crippen molar-refractivity contribution in [3.05, 3.63) is 18.3 Å². The second-order valence-electron chi connectivity index (χ2n) is 3.26. The summed E-state index contributed by atoms with van der Waals surface area (Å²) < 4.78 is 17.9. The summed E-state index contributed by atoms with van der Waals surface area (Å²) in [5, 5.41) is 3.15. The van der Waals surface area contributed by atoms with Crippen molar-refractivity contribution in [2.24, 2.45) is 0 Å². The Morgan fingerprint density at radius 3 is 2.86 bits per heavy atom. The van der Waals surface area contributed by atoms with Crippen molar-refractivity contribution in [1.82, 2.24) is 9.97 Å². The van der Waals surface area contributed by atoms with Crippen LogP contribution in [0.1, 0.15) is 12.8 Å². The van der Waals surface area contributed by atoms with Gasteiger partial charge in [0.1, 0.15) is 12.1 Å². The maximum absolute atomic E-state index is 12.7. The Hall–Kier alpha value is -1.23. The molecule has 0 saturated carbocycles. The molecule has 1 saturated heterocycles. The van der Waals surface area contributed by atoms with Crippen molar-refractivity contribution in [2.45, 2.75) is 18.9 Å². The summed E-state index contributed by atoms with van der Waals surface area (Å²) >= 11 is 0. The Balaban J connectivity index is 1.95. The van der Waals surface area contributed by atoms with Gasteiger partial charge in [0.25, 0.3) is 0 Å². The lowest BCUT2D eigenvalue weighted by molar-refractivity contribution is 0.0904. The summed E-state index contributed by atoms with van der Waals surface area (Å²) in [4.78, 5) is 7.32. The first-order chi connectivity index (χ1) is 6.84. The average molecular weight is 197 g/mol. The van der Waals surface area contributed by atoms with E-state index in [4.69, 9.17) is 4.74 Å². The maximum Gasteiger partial charge on any atom is 0.217 e. The fraction of sp³-hybridized carbons (Fsp3) is 0.556. The van der Waals surface area contributed by atoms with Gasteiger partial charge in [-0.2, -0.15) is 4.39 Å². The molecular weight excluding hydrogens is 185 g/mol. The second kappa shape index (κ2) is 4.32. The van der Waals surface area contributed by atoms with Crippen LogP contribution in [0.25, 0.3) is 0 Å². The molecular formula is C9H12FN3O. The van der Waals surface area contributed by atoms with Crippen molar-refractivity contribution in [3.8, 4) is 0 Å². The molecule has 0 bridgehead atoms. The van der Waals surface area contributed by atoms with Crippen LogP contribution in [0.3, 0.4) is 0 Å². The normalized spacial score (nSPS) is 18.1. The minimum absolute atomic E-state index is 0.332. The van der Waals surface area contributed by atoms with E-state index in [1.54, 1.807) is 0 Å². The van der Waals surface area contributed by atoms with Crippen molar-refractivity contribution in [1.29, 1.82) is 0 Å². The fourth-order valence-electron chi connectivity index (χ4n) is 1.46. The average Bonchev–Trinajstić information content (AvgIpc) is 2.19. The molecule has 1 aliphatic rings. The molecule has 0 radical (unpaired) electrons. The van der Waals surface area contributed by atoms with Gasteiger partial charge in [0.05, 0.1) is 0 Å². The number of hydrogen-bond acceptors (Lipinski definition) is 4. The highest BCUT2D eigenvalue weighted by atomic mass is 19.1. The van der Waals surface area contributed by atoms with E-state index < -0.39 is 5.95 Å². The maximum atomic E-state index is 12.7. The summed E-state index contributed by atoms with van der Waals surface area (Å²) in [6.45, 7) is 1.51. The van der Waals surface area contributed by atoms with Crippen molar-refractivity contribution in [2.75, 3.05) is 18.5 Å². The van der Waals surface area contributed by atoms with Crippen LogP contribution >= 0.6 is 0 Å². The highest BCUT2D eigenvalue weighted by Gasteiger charge is 2.13. The predicted molar refractivity (Wildman–Crippen MR) is 49.5 cm³/mol. The third kappa shape index (κ3) is 2.38. The van der Waals surface area contributed by atoms with E-state index in [0.29, 0.717) is 11.9 Å². The number of nitrogens with zero attached hydrogens (tertiary/aromatic N) is 2. The molecule has 0 unspecified atom stereocenters. The summed E-state index contributed by atoms with van der Waals surface area (Å²) in [5.74, 6) is 0.0407. The molecule has 5 heteroatoms. The summed E-state index contributed by atoms with van der Waals surface area (Å²) in [6, 6.07) is 1.63. The molecule has 0 aliphatic carbocycles. The Bertz CT molecular complexity index is 302. The van der Waals surface area contributed by atoms with Crippen LogP contribution in [0.5, 0.6) is 0 Å². The lowest BCUT2D eigenvalue weighted by Gasteiger charge is -2.23. The molecule has 1 aromatic rings. The number of anilines is 1. The third-order valence-corrected chi connectivity index (χ3v) is 2.21. The Morgan fingerprint density at radius 1 is 1.36 bits per heavy atom. The van der Waals surface area contributed by atoms with Gasteiger partial charge in [-0.15, -0.1) is 0 Å². The molecule has 0 amide bonds. The van der Waals surface area contributed by atoms with E-state index in [1.807, 2.05) is 0 Å². The van der Waals surface area contributed by atoms with Crippen LogP contribution in [-0.4, -0.2) is 29.2 Å². The quantitative estimate of drug-likeness (QED) is 0.724. The van der Waals surface area contributed by atoms with Gasteiger partial charge in [-0.1, -0.05) is 0 Å². The molecule has 1 aromatic heterocycles. The van der Waals surface area contributed by atoms with Crippen LogP contribution in [0.4, 0.5) is 10.2 Å². The smallest absolute Gasteiger partial charge is 0.217 e. The fourth-order valence-corrected chi connectivity index (χ4v) is 1.46. The predicted octanol–water partition coefficient (Wildman–Crippen LogP) is 1.21. The van der Waals surface area contributed by atoms with Crippen molar-refractivity contribution < 1.29 is 9.13 Å². The van der Waals surface area contributed by atoms with Crippen molar-refractivity contribution >= 4 is 5.82 Å². The van der Waals surface area contributed by atoms with E-state index in [1.165, 1.54) is 12.4 Å². The first-order valence-electron chi connectivity index (χ1n) is 4.66. The monoisotopic (exact) mass is 197 g/mol. The molecule has 4 nitrogen and oxygen atoms in total. The number of aromatic nitrogens is 2. The van der Waals surface area contributed by atoms with E-state index in [-0.39, 0.29) is 0 Å². The largest absolute Gasteiger partial charge is 0.381 e. The molecule has 0 spiro atoms. The van der Waals surface area contributed by atoms with Gasteiger partial charge < -0.3 is 10.1 Å². The third-order valence-electron chi connectivity index (χ3n) is 2.21. The SMILES string of the molecule is Fc1cc(NC2CCOCC2)ncn1. The number of nitrogens with one attached hydrogen (secondary N) is 1. The van der Waals surface area contributed by atoms with Gasteiger partial charge >= 0.3 is 0 Å². The topological polar surface area (TPSA) is 47.0 Å². The molecule has 2 rings (SSSR count). The molecule has 1 N–H and O–H groups in total. The Labute approximate surface area is 81.5 Å². The first-order valence-corrected chi connectivity index (χ1v) is 4.66. The molecule has 14 heavy (non-hydrogen) atoms. The number of hydrogen-bond donors (Lipinski definition) is 1. The number of ether oxygens (including phenoxy) is 1. The number of rotatable bonds is 2. The van der Waals surface area contributed by atoms with Crippen LogP contribution in [0, 0.1) is 5.95 Å². The zero-order valence-electron chi connectivity index (χ0n) is 7.74. The molecule has 2 heterocycles. The van der Waals surface area contributed by atoms with Gasteiger partial charge in [-0.05, 0) is 12.8 Å². The van der Waals surface area contributed by atoms with Crippen LogP contribution in [-0.2, 0) is 4.74 Å². The Kier molecular flexibility index (Phi) is 2.88. The van der Waals surface area contributed by atoms with Crippen LogP contribution < -0.4 is 5.32 Å². The highest BCUT2D eigenvalue weighted by Crippen LogP contribution is 2.12. The van der Waals surface area contributed by atoms with Gasteiger partial charge in [0.2, 0.25) is 5.95 Å². The van der Waals surface area contributed by atoms with Crippen molar-refractivity contribution in [3.63, 3.8) is 0 Å². The van der Waals surface area contributed by atoms with E-state index in [9.17, 15) is 4.39 Å². The standard InChI is InChI=1S/C9H12FN3O/c10-8-5-9(12-6-11-8)13-7-1-3-14-4-2-7/h5-7H,1-4H2,(H,11,12,13). The van der Waals surface area contributed by atoms with Gasteiger partial charge in [0.15, 0.2) is 0 Å². The van der Waals surface area contributed by atoms with E-state index >= 15 is 0 Å². The van der Waals surface area contributed by atoms with E-state index in [2.05, 4.69) is 15.3 Å². The lowest BCUT2D eigenvalue weighted by atomic mass is 10.1. The van der Waals surface area contributed by atoms with Gasteiger partial charge in [0, 0.05) is 25.3 Å². The molecule has 76 valence electrons. The summed E-state index contributed by atoms with van der Waals surface area (Å²) in [6.07, 6.45) is 3.09. The zero-order valence-corrected chi connectivity index (χ0v) is 7.74. The van der Waals surface area contributed by atoms with Gasteiger partial charge in [-0.3, -0.25) is 0 Å². The molecule has 0 aromatic carbocycles. The van der Waals surface area contributed by atoms with Gasteiger partial charge in [-0.25, -0.2) is 9.97 Å².